The summed E-state index contributed by atoms with van der Waals surface area (Å²) < 4.78 is 11.0. The van der Waals surface area contributed by atoms with Gasteiger partial charge < -0.3 is 25.4 Å². The predicted octanol–water partition coefficient (Wildman–Crippen LogP) is 3.93. The summed E-state index contributed by atoms with van der Waals surface area (Å²) in [5.74, 6) is 1.91. The van der Waals surface area contributed by atoms with E-state index in [4.69, 9.17) is 21.1 Å². The highest BCUT2D eigenvalue weighted by Crippen LogP contribution is 2.36. The van der Waals surface area contributed by atoms with Crippen LogP contribution in [0.3, 0.4) is 0 Å². The first-order valence-electron chi connectivity index (χ1n) is 10.5. The van der Waals surface area contributed by atoms with Gasteiger partial charge in [-0.15, -0.1) is 0 Å². The number of para-hydroxylation sites is 1. The standard InChI is InChI=1S/C23H29ClN4O3/c1-4-25-23(26-13-15-10-18(24)22(31-5-2)20(11-15)30-3)27-14-16-12-21(29)28-19-9-7-6-8-17(16)19/h6-11,16H,4-5,12-14H2,1-3H3,(H,28,29)(H2,25,26,27). The van der Waals surface area contributed by atoms with E-state index in [1.54, 1.807) is 7.11 Å². The molecule has 0 spiro atoms. The number of hydrogen-bond donors (Lipinski definition) is 3. The smallest absolute Gasteiger partial charge is 0.225 e. The summed E-state index contributed by atoms with van der Waals surface area (Å²) in [6.07, 6.45) is 0.440. The number of carbonyl (C=O) groups is 1. The lowest BCUT2D eigenvalue weighted by Gasteiger charge is -2.26. The summed E-state index contributed by atoms with van der Waals surface area (Å²) in [5.41, 5.74) is 2.92. The van der Waals surface area contributed by atoms with Gasteiger partial charge in [0.05, 0.1) is 25.3 Å². The zero-order valence-electron chi connectivity index (χ0n) is 18.1. The molecular formula is C23H29ClN4O3. The minimum atomic E-state index is 0.0311. The number of aliphatic imine (C=N–C) groups is 1. The SMILES string of the molecule is CCNC(=NCc1cc(Cl)c(OCC)c(OC)c1)NCC1CC(=O)Nc2ccccc21. The van der Waals surface area contributed by atoms with Crippen molar-refractivity contribution in [2.75, 3.05) is 32.1 Å². The van der Waals surface area contributed by atoms with Gasteiger partial charge in [-0.1, -0.05) is 29.8 Å². The fraction of sp³-hybridized carbons (Fsp3) is 0.391. The highest BCUT2D eigenvalue weighted by Gasteiger charge is 2.24. The van der Waals surface area contributed by atoms with Gasteiger partial charge in [0, 0.05) is 31.1 Å². The van der Waals surface area contributed by atoms with Crippen molar-refractivity contribution in [3.05, 3.63) is 52.5 Å². The molecule has 0 saturated carbocycles. The molecule has 2 aromatic rings. The van der Waals surface area contributed by atoms with Crippen LogP contribution in [0.4, 0.5) is 5.69 Å². The first-order chi connectivity index (χ1) is 15.0. The van der Waals surface area contributed by atoms with E-state index in [2.05, 4.69) is 27.0 Å². The lowest BCUT2D eigenvalue weighted by molar-refractivity contribution is -0.116. The molecule has 3 rings (SSSR count). The Morgan fingerprint density at radius 2 is 2.06 bits per heavy atom. The van der Waals surface area contributed by atoms with Crippen LogP contribution in [0, 0.1) is 0 Å². The summed E-state index contributed by atoms with van der Waals surface area (Å²) in [7, 11) is 1.59. The van der Waals surface area contributed by atoms with Crippen molar-refractivity contribution in [2.45, 2.75) is 32.7 Å². The number of nitrogens with one attached hydrogen (secondary N) is 3. The van der Waals surface area contributed by atoms with Gasteiger partial charge in [-0.25, -0.2) is 4.99 Å². The summed E-state index contributed by atoms with van der Waals surface area (Å²) >= 11 is 6.37. The molecule has 0 aliphatic carbocycles. The molecule has 1 atom stereocenters. The number of anilines is 1. The van der Waals surface area contributed by atoms with E-state index in [0.717, 1.165) is 23.4 Å². The van der Waals surface area contributed by atoms with Crippen LogP contribution >= 0.6 is 11.6 Å². The first-order valence-corrected chi connectivity index (χ1v) is 10.8. The van der Waals surface area contributed by atoms with Gasteiger partial charge in [0.15, 0.2) is 17.5 Å². The molecule has 1 amide bonds. The minimum Gasteiger partial charge on any atom is -0.493 e. The molecule has 1 heterocycles. The Morgan fingerprint density at radius 1 is 1.26 bits per heavy atom. The van der Waals surface area contributed by atoms with Crippen LogP contribution in [0.15, 0.2) is 41.4 Å². The molecule has 2 aromatic carbocycles. The molecule has 166 valence electrons. The van der Waals surface area contributed by atoms with Gasteiger partial charge in [-0.3, -0.25) is 4.79 Å². The molecule has 1 unspecified atom stereocenters. The van der Waals surface area contributed by atoms with Crippen LogP contribution in [0.25, 0.3) is 0 Å². The maximum Gasteiger partial charge on any atom is 0.225 e. The third kappa shape index (κ3) is 5.82. The van der Waals surface area contributed by atoms with Crippen LogP contribution in [0.5, 0.6) is 11.5 Å². The van der Waals surface area contributed by atoms with E-state index in [1.807, 2.05) is 44.2 Å². The Bertz CT molecular complexity index is 948. The Balaban J connectivity index is 1.71. The number of benzene rings is 2. The van der Waals surface area contributed by atoms with E-state index >= 15 is 0 Å². The lowest BCUT2D eigenvalue weighted by atomic mass is 9.90. The molecule has 0 aromatic heterocycles. The topological polar surface area (TPSA) is 84.0 Å². The monoisotopic (exact) mass is 444 g/mol. The van der Waals surface area contributed by atoms with E-state index in [1.165, 1.54) is 0 Å². The normalized spacial score (nSPS) is 15.7. The molecule has 31 heavy (non-hydrogen) atoms. The number of halogens is 1. The van der Waals surface area contributed by atoms with E-state index in [9.17, 15) is 4.79 Å². The Labute approximate surface area is 188 Å². The summed E-state index contributed by atoms with van der Waals surface area (Å²) in [6.45, 7) is 6.16. The highest BCUT2D eigenvalue weighted by molar-refractivity contribution is 6.32. The number of ether oxygens (including phenoxy) is 2. The average Bonchev–Trinajstić information content (AvgIpc) is 2.76. The molecule has 8 heteroatoms. The van der Waals surface area contributed by atoms with Gasteiger partial charge in [-0.2, -0.15) is 0 Å². The second-order valence-electron chi connectivity index (χ2n) is 7.15. The average molecular weight is 445 g/mol. The molecule has 3 N–H and O–H groups in total. The Hall–Kier alpha value is -2.93. The largest absolute Gasteiger partial charge is 0.493 e. The number of nitrogens with zero attached hydrogens (tertiary/aromatic N) is 1. The van der Waals surface area contributed by atoms with E-state index < -0.39 is 0 Å². The molecule has 0 bridgehead atoms. The van der Waals surface area contributed by atoms with Crippen molar-refractivity contribution in [3.8, 4) is 11.5 Å². The number of guanidine groups is 1. The van der Waals surface area contributed by atoms with Gasteiger partial charge in [0.25, 0.3) is 0 Å². The van der Waals surface area contributed by atoms with Crippen LogP contribution in [0.2, 0.25) is 5.02 Å². The van der Waals surface area contributed by atoms with Crippen molar-refractivity contribution in [3.63, 3.8) is 0 Å². The van der Waals surface area contributed by atoms with Crippen molar-refractivity contribution in [1.29, 1.82) is 0 Å². The Kier molecular flexibility index (Phi) is 8.00. The maximum absolute atomic E-state index is 12.1. The minimum absolute atomic E-state index is 0.0311. The fourth-order valence-corrected chi connectivity index (χ4v) is 3.85. The number of amides is 1. The van der Waals surface area contributed by atoms with Crippen LogP contribution in [0.1, 0.15) is 37.3 Å². The lowest BCUT2D eigenvalue weighted by Crippen LogP contribution is -2.40. The number of hydrogen-bond acceptors (Lipinski definition) is 4. The molecule has 7 nitrogen and oxygen atoms in total. The van der Waals surface area contributed by atoms with E-state index in [-0.39, 0.29) is 11.8 Å². The Morgan fingerprint density at radius 3 is 2.81 bits per heavy atom. The van der Waals surface area contributed by atoms with Gasteiger partial charge >= 0.3 is 0 Å². The van der Waals surface area contributed by atoms with E-state index in [0.29, 0.717) is 48.6 Å². The van der Waals surface area contributed by atoms with Gasteiger partial charge in [-0.05, 0) is 43.2 Å². The van der Waals surface area contributed by atoms with Gasteiger partial charge in [0.1, 0.15) is 0 Å². The molecule has 0 radical (unpaired) electrons. The summed E-state index contributed by atoms with van der Waals surface area (Å²) in [5, 5.41) is 10.0. The number of methoxy groups -OCH3 is 1. The third-order valence-electron chi connectivity index (χ3n) is 4.96. The number of fused-ring (bicyclic) bond motifs is 1. The van der Waals surface area contributed by atoms with Crippen LogP contribution in [-0.4, -0.2) is 38.7 Å². The van der Waals surface area contributed by atoms with Crippen molar-refractivity contribution in [2.24, 2.45) is 4.99 Å². The molecule has 0 saturated heterocycles. The molecule has 1 aliphatic rings. The molecule has 0 fully saturated rings. The van der Waals surface area contributed by atoms with Crippen LogP contribution in [-0.2, 0) is 11.3 Å². The summed E-state index contributed by atoms with van der Waals surface area (Å²) in [4.78, 5) is 16.7. The van der Waals surface area contributed by atoms with Crippen molar-refractivity contribution >= 4 is 29.2 Å². The number of rotatable bonds is 8. The number of carbonyl (C=O) groups excluding carboxylic acids is 1. The fourth-order valence-electron chi connectivity index (χ4n) is 3.56. The highest BCUT2D eigenvalue weighted by atomic mass is 35.5. The first kappa shape index (κ1) is 22.7. The van der Waals surface area contributed by atoms with Crippen molar-refractivity contribution < 1.29 is 14.3 Å². The molecule has 1 aliphatic heterocycles. The van der Waals surface area contributed by atoms with Gasteiger partial charge in [0.2, 0.25) is 5.91 Å². The quantitative estimate of drug-likeness (QED) is 0.424. The zero-order valence-corrected chi connectivity index (χ0v) is 18.9. The second-order valence-corrected chi connectivity index (χ2v) is 7.56. The maximum atomic E-state index is 12.1. The molecular weight excluding hydrogens is 416 g/mol. The zero-order chi connectivity index (χ0) is 22.2. The third-order valence-corrected chi connectivity index (χ3v) is 5.25. The van der Waals surface area contributed by atoms with Crippen molar-refractivity contribution in [1.82, 2.24) is 10.6 Å². The van der Waals surface area contributed by atoms with Crippen LogP contribution < -0.4 is 25.4 Å². The summed E-state index contributed by atoms with van der Waals surface area (Å²) in [6, 6.07) is 11.6. The second kappa shape index (κ2) is 10.9. The predicted molar refractivity (Wildman–Crippen MR) is 124 cm³/mol.